The third-order valence-electron chi connectivity index (χ3n) is 8.90. The second-order valence-corrected chi connectivity index (χ2v) is 13.4. The Balaban J connectivity index is 1.50. The molecule has 0 radical (unpaired) electrons. The third-order valence-corrected chi connectivity index (χ3v) is 10.9. The number of nitrogens with one attached hydrogen (secondary N) is 2. The highest BCUT2D eigenvalue weighted by Crippen LogP contribution is 2.71. The lowest BCUT2D eigenvalue weighted by Gasteiger charge is -2.36. The lowest BCUT2D eigenvalue weighted by Crippen LogP contribution is -2.54. The minimum absolute atomic E-state index is 0.216. The Morgan fingerprint density at radius 2 is 1.82 bits per heavy atom. The predicted octanol–water partition coefficient (Wildman–Crippen LogP) is 4.53. The Bertz CT molecular complexity index is 1310. The SMILES string of the molecule is CCOc1ccc(NC(=O)[C@H]2[C@H]3C(=O)N([C@@H](CC)CO)C(C(=O)Nc4cc(C)ccc4C)C34CC[C@]2(C)S4)cc1. The smallest absolute Gasteiger partial charge is 0.248 e. The van der Waals surface area contributed by atoms with E-state index in [0.29, 0.717) is 30.8 Å². The molecule has 3 amide bonds. The second kappa shape index (κ2) is 10.7. The van der Waals surface area contributed by atoms with Crippen LogP contribution in [0.2, 0.25) is 0 Å². The number of ether oxygens (including phenoxy) is 1. The van der Waals surface area contributed by atoms with E-state index in [2.05, 4.69) is 10.6 Å². The number of nitrogens with zero attached hydrogens (tertiary/aromatic N) is 1. The molecule has 40 heavy (non-hydrogen) atoms. The Kier molecular flexibility index (Phi) is 7.65. The Hall–Kier alpha value is -3.04. The highest BCUT2D eigenvalue weighted by Gasteiger charge is 2.77. The number of likely N-dealkylation sites (tertiary alicyclic amines) is 1. The monoisotopic (exact) mass is 565 g/mol. The van der Waals surface area contributed by atoms with E-state index in [-0.39, 0.29) is 24.3 Å². The van der Waals surface area contributed by atoms with Gasteiger partial charge in [0.2, 0.25) is 17.7 Å². The predicted molar refractivity (Wildman–Crippen MR) is 158 cm³/mol. The van der Waals surface area contributed by atoms with Crippen LogP contribution < -0.4 is 15.4 Å². The molecule has 3 N–H and O–H groups in total. The van der Waals surface area contributed by atoms with Crippen LogP contribution in [0.25, 0.3) is 0 Å². The molecule has 2 aromatic rings. The summed E-state index contributed by atoms with van der Waals surface area (Å²) < 4.78 is 4.27. The number of amides is 3. The van der Waals surface area contributed by atoms with E-state index in [4.69, 9.17) is 4.74 Å². The number of hydrogen-bond donors (Lipinski definition) is 3. The summed E-state index contributed by atoms with van der Waals surface area (Å²) in [7, 11) is 0. The van der Waals surface area contributed by atoms with Crippen LogP contribution >= 0.6 is 11.8 Å². The van der Waals surface area contributed by atoms with Crippen LogP contribution in [0.3, 0.4) is 0 Å². The number of benzene rings is 2. The minimum atomic E-state index is -0.794. The van der Waals surface area contributed by atoms with Gasteiger partial charge < -0.3 is 25.4 Å². The van der Waals surface area contributed by atoms with Crippen LogP contribution in [0.15, 0.2) is 42.5 Å². The summed E-state index contributed by atoms with van der Waals surface area (Å²) in [6.07, 6.45) is 1.88. The molecule has 3 aliphatic heterocycles. The summed E-state index contributed by atoms with van der Waals surface area (Å²) in [5.41, 5.74) is 3.30. The number of thioether (sulfide) groups is 1. The van der Waals surface area contributed by atoms with Gasteiger partial charge in [0.1, 0.15) is 11.8 Å². The molecule has 6 atom stereocenters. The number of aliphatic hydroxyl groups excluding tert-OH is 1. The molecule has 3 saturated heterocycles. The maximum absolute atomic E-state index is 14.3. The van der Waals surface area contributed by atoms with E-state index in [9.17, 15) is 19.5 Å². The summed E-state index contributed by atoms with van der Waals surface area (Å²) in [4.78, 5) is 43.9. The molecule has 8 nitrogen and oxygen atoms in total. The van der Waals surface area contributed by atoms with E-state index in [1.807, 2.05) is 52.8 Å². The first-order valence-electron chi connectivity index (χ1n) is 14.1. The zero-order valence-electron chi connectivity index (χ0n) is 23.8. The number of carbonyl (C=O) groups is 3. The number of rotatable bonds is 9. The van der Waals surface area contributed by atoms with Crippen molar-refractivity contribution in [3.63, 3.8) is 0 Å². The van der Waals surface area contributed by atoms with Gasteiger partial charge in [-0.25, -0.2) is 0 Å². The van der Waals surface area contributed by atoms with E-state index in [1.54, 1.807) is 40.9 Å². The van der Waals surface area contributed by atoms with E-state index >= 15 is 0 Å². The molecule has 3 heterocycles. The largest absolute Gasteiger partial charge is 0.494 e. The summed E-state index contributed by atoms with van der Waals surface area (Å²) in [5, 5.41) is 16.4. The molecule has 3 aliphatic rings. The molecule has 9 heteroatoms. The molecule has 2 bridgehead atoms. The van der Waals surface area contributed by atoms with Gasteiger partial charge in [-0.15, -0.1) is 11.8 Å². The van der Waals surface area contributed by atoms with Crippen LogP contribution in [-0.2, 0) is 14.4 Å². The third kappa shape index (κ3) is 4.57. The Morgan fingerprint density at radius 1 is 1.10 bits per heavy atom. The Labute approximate surface area is 240 Å². The average molecular weight is 566 g/mol. The molecular weight excluding hydrogens is 526 g/mol. The van der Waals surface area contributed by atoms with Crippen LogP contribution in [0.5, 0.6) is 5.75 Å². The van der Waals surface area contributed by atoms with Crippen molar-refractivity contribution in [3.8, 4) is 5.75 Å². The highest BCUT2D eigenvalue weighted by atomic mass is 32.2. The average Bonchev–Trinajstić information content (AvgIpc) is 3.49. The normalized spacial score (nSPS) is 29.3. The van der Waals surface area contributed by atoms with Gasteiger partial charge in [-0.3, -0.25) is 14.4 Å². The van der Waals surface area contributed by atoms with Crippen molar-refractivity contribution >= 4 is 40.9 Å². The highest BCUT2D eigenvalue weighted by molar-refractivity contribution is 8.02. The first-order chi connectivity index (χ1) is 19.1. The van der Waals surface area contributed by atoms with Crippen LogP contribution in [0.1, 0.15) is 51.2 Å². The van der Waals surface area contributed by atoms with Gasteiger partial charge in [-0.1, -0.05) is 19.1 Å². The quantitative estimate of drug-likeness (QED) is 0.412. The van der Waals surface area contributed by atoms with Crippen LogP contribution in [-0.4, -0.2) is 62.5 Å². The van der Waals surface area contributed by atoms with E-state index in [1.165, 1.54) is 0 Å². The second-order valence-electron chi connectivity index (χ2n) is 11.5. The molecule has 0 aliphatic carbocycles. The number of aryl methyl sites for hydroxylation is 2. The fourth-order valence-corrected chi connectivity index (χ4v) is 9.31. The van der Waals surface area contributed by atoms with Crippen molar-refractivity contribution in [1.29, 1.82) is 0 Å². The maximum Gasteiger partial charge on any atom is 0.248 e. The van der Waals surface area contributed by atoms with Gasteiger partial charge in [0, 0.05) is 16.1 Å². The summed E-state index contributed by atoms with van der Waals surface area (Å²) in [6.45, 7) is 10.1. The molecule has 5 rings (SSSR count). The molecule has 214 valence electrons. The number of carbonyl (C=O) groups excluding carboxylic acids is 3. The summed E-state index contributed by atoms with van der Waals surface area (Å²) >= 11 is 1.62. The van der Waals surface area contributed by atoms with Gasteiger partial charge in [-0.05, 0) is 88.4 Å². The van der Waals surface area contributed by atoms with Gasteiger partial charge in [0.05, 0.1) is 35.8 Å². The molecular formula is C31H39N3O5S. The first-order valence-corrected chi connectivity index (χ1v) is 14.9. The summed E-state index contributed by atoms with van der Waals surface area (Å²) in [6, 6.07) is 11.8. The fraction of sp³-hybridized carbons (Fsp3) is 0.516. The van der Waals surface area contributed by atoms with Crippen molar-refractivity contribution in [2.24, 2.45) is 11.8 Å². The zero-order chi connectivity index (χ0) is 28.8. The van der Waals surface area contributed by atoms with Crippen molar-refractivity contribution in [1.82, 2.24) is 4.90 Å². The first kappa shape index (κ1) is 28.5. The molecule has 1 spiro atoms. The number of hydrogen-bond acceptors (Lipinski definition) is 6. The van der Waals surface area contributed by atoms with Crippen molar-refractivity contribution in [2.45, 2.75) is 75.5 Å². The maximum atomic E-state index is 14.3. The van der Waals surface area contributed by atoms with Gasteiger partial charge in [-0.2, -0.15) is 0 Å². The lowest BCUT2D eigenvalue weighted by molar-refractivity contribution is -0.141. The molecule has 2 unspecified atom stereocenters. The number of anilines is 2. The van der Waals surface area contributed by atoms with Crippen molar-refractivity contribution < 1.29 is 24.2 Å². The Morgan fingerprint density at radius 3 is 2.48 bits per heavy atom. The fourth-order valence-electron chi connectivity index (χ4n) is 6.96. The number of fused-ring (bicyclic) bond motifs is 1. The standard InChI is InChI=1S/C31H39N3O5S/c1-6-21(17-35)34-26(28(37)33-23-16-18(3)8-9-19(23)4)31-15-14-30(5,40-31)24(25(31)29(34)38)27(36)32-20-10-12-22(13-11-20)39-7-2/h8-13,16,21,24-26,35H,6-7,14-15,17H2,1-5H3,(H,32,36)(H,33,37)/t21-,24+,25-,26?,30-,31?/m0/s1. The van der Waals surface area contributed by atoms with Crippen LogP contribution in [0, 0.1) is 25.7 Å². The molecule has 0 saturated carbocycles. The van der Waals surface area contributed by atoms with Crippen molar-refractivity contribution in [3.05, 3.63) is 53.6 Å². The van der Waals surface area contributed by atoms with Gasteiger partial charge in [0.15, 0.2) is 0 Å². The van der Waals surface area contributed by atoms with Crippen molar-refractivity contribution in [2.75, 3.05) is 23.8 Å². The van der Waals surface area contributed by atoms with Crippen LogP contribution in [0.4, 0.5) is 11.4 Å². The zero-order valence-corrected chi connectivity index (χ0v) is 24.6. The molecule has 2 aromatic carbocycles. The lowest BCUT2D eigenvalue weighted by atomic mass is 9.66. The number of aliphatic hydroxyl groups is 1. The molecule has 0 aromatic heterocycles. The van der Waals surface area contributed by atoms with Gasteiger partial charge in [0.25, 0.3) is 0 Å². The topological polar surface area (TPSA) is 108 Å². The summed E-state index contributed by atoms with van der Waals surface area (Å²) in [5.74, 6) is -1.25. The van der Waals surface area contributed by atoms with Gasteiger partial charge >= 0.3 is 0 Å². The molecule has 3 fully saturated rings. The van der Waals surface area contributed by atoms with E-state index in [0.717, 1.165) is 23.3 Å². The minimum Gasteiger partial charge on any atom is -0.494 e. The van der Waals surface area contributed by atoms with E-state index < -0.39 is 33.4 Å².